The second kappa shape index (κ2) is 5.23. The molecule has 0 aliphatic carbocycles. The summed E-state index contributed by atoms with van der Waals surface area (Å²) in [6, 6.07) is 4.72. The minimum absolute atomic E-state index is 0.115. The summed E-state index contributed by atoms with van der Waals surface area (Å²) in [7, 11) is 0. The van der Waals surface area contributed by atoms with Crippen LogP contribution in [0.4, 0.5) is 11.4 Å². The number of hydrogen-bond acceptors (Lipinski definition) is 3. The zero-order valence-electron chi connectivity index (χ0n) is 7.87. The zero-order valence-corrected chi connectivity index (χ0v) is 8.62. The lowest BCUT2D eigenvalue weighted by Crippen LogP contribution is -2.03. The third kappa shape index (κ3) is 2.86. The number of halogens is 1. The van der Waals surface area contributed by atoms with Gasteiger partial charge in [-0.2, -0.15) is 0 Å². The molecular formula is C10H9ClN2O2. The predicted molar refractivity (Wildman–Crippen MR) is 60.0 cm³/mol. The van der Waals surface area contributed by atoms with Crippen LogP contribution in [-0.4, -0.2) is 11.5 Å². The van der Waals surface area contributed by atoms with E-state index in [2.05, 4.69) is 11.2 Å². The van der Waals surface area contributed by atoms with E-state index in [0.29, 0.717) is 18.7 Å². The Morgan fingerprint density at radius 2 is 2.33 bits per heavy atom. The number of anilines is 1. The first kappa shape index (κ1) is 11.3. The summed E-state index contributed by atoms with van der Waals surface area (Å²) in [6.45, 7) is 0.484. The number of nitrogens with one attached hydrogen (secondary N) is 1. The van der Waals surface area contributed by atoms with Gasteiger partial charge < -0.3 is 5.32 Å². The van der Waals surface area contributed by atoms with Gasteiger partial charge >= 0.3 is 5.69 Å². The minimum Gasteiger partial charge on any atom is -0.378 e. The number of terminal acetylenes is 1. The SMILES string of the molecule is C#CCCNc1cccc(Cl)c1[N+](=O)[O-]. The van der Waals surface area contributed by atoms with Crippen LogP contribution in [0.2, 0.25) is 5.02 Å². The first-order valence-corrected chi connectivity index (χ1v) is 4.65. The van der Waals surface area contributed by atoms with Gasteiger partial charge in [0, 0.05) is 13.0 Å². The van der Waals surface area contributed by atoms with Crippen molar-refractivity contribution in [1.82, 2.24) is 0 Å². The fourth-order valence-corrected chi connectivity index (χ4v) is 1.36. The molecule has 1 aromatic carbocycles. The van der Waals surface area contributed by atoms with Crippen molar-refractivity contribution in [2.75, 3.05) is 11.9 Å². The Morgan fingerprint density at radius 3 is 2.93 bits per heavy atom. The molecular weight excluding hydrogens is 216 g/mol. The highest BCUT2D eigenvalue weighted by Crippen LogP contribution is 2.31. The molecule has 1 rings (SSSR count). The van der Waals surface area contributed by atoms with E-state index in [-0.39, 0.29) is 10.7 Å². The van der Waals surface area contributed by atoms with E-state index >= 15 is 0 Å². The van der Waals surface area contributed by atoms with Crippen molar-refractivity contribution in [3.63, 3.8) is 0 Å². The smallest absolute Gasteiger partial charge is 0.310 e. The number of nitro groups is 1. The topological polar surface area (TPSA) is 55.2 Å². The van der Waals surface area contributed by atoms with Crippen LogP contribution in [0.3, 0.4) is 0 Å². The number of nitrogens with zero attached hydrogens (tertiary/aromatic N) is 1. The molecule has 0 bridgehead atoms. The second-order valence-electron chi connectivity index (χ2n) is 2.77. The van der Waals surface area contributed by atoms with Crippen LogP contribution in [0.25, 0.3) is 0 Å². The molecule has 0 amide bonds. The van der Waals surface area contributed by atoms with E-state index in [1.807, 2.05) is 0 Å². The Kier molecular flexibility index (Phi) is 3.95. The van der Waals surface area contributed by atoms with Crippen molar-refractivity contribution in [2.45, 2.75) is 6.42 Å². The average molecular weight is 225 g/mol. The van der Waals surface area contributed by atoms with Crippen molar-refractivity contribution in [3.8, 4) is 12.3 Å². The zero-order chi connectivity index (χ0) is 11.3. The van der Waals surface area contributed by atoms with Gasteiger partial charge in [0.1, 0.15) is 10.7 Å². The molecule has 0 aliphatic heterocycles. The summed E-state index contributed by atoms with van der Waals surface area (Å²) in [5.74, 6) is 2.44. The molecule has 1 N–H and O–H groups in total. The van der Waals surface area contributed by atoms with Crippen LogP contribution in [0.1, 0.15) is 6.42 Å². The van der Waals surface area contributed by atoms with Crippen molar-refractivity contribution < 1.29 is 4.92 Å². The standard InChI is InChI=1S/C10H9ClN2O2/c1-2-3-7-12-9-6-4-5-8(11)10(9)13(14)15/h1,4-6,12H,3,7H2. The van der Waals surface area contributed by atoms with Crippen LogP contribution in [0.15, 0.2) is 18.2 Å². The van der Waals surface area contributed by atoms with Gasteiger partial charge in [-0.05, 0) is 12.1 Å². The lowest BCUT2D eigenvalue weighted by molar-refractivity contribution is -0.383. The van der Waals surface area contributed by atoms with Gasteiger partial charge in [0.2, 0.25) is 0 Å². The van der Waals surface area contributed by atoms with Gasteiger partial charge in [-0.15, -0.1) is 12.3 Å². The Bertz CT molecular complexity index is 412. The van der Waals surface area contributed by atoms with Gasteiger partial charge in [-0.3, -0.25) is 10.1 Å². The van der Waals surface area contributed by atoms with E-state index in [1.54, 1.807) is 12.1 Å². The number of para-hydroxylation sites is 1. The van der Waals surface area contributed by atoms with E-state index in [1.165, 1.54) is 6.07 Å². The van der Waals surface area contributed by atoms with Gasteiger partial charge in [-0.1, -0.05) is 17.7 Å². The molecule has 0 unspecified atom stereocenters. The molecule has 0 fully saturated rings. The quantitative estimate of drug-likeness (QED) is 0.370. The minimum atomic E-state index is -0.513. The molecule has 78 valence electrons. The van der Waals surface area contributed by atoms with Crippen LogP contribution >= 0.6 is 11.6 Å². The molecule has 15 heavy (non-hydrogen) atoms. The van der Waals surface area contributed by atoms with Gasteiger partial charge in [0.05, 0.1) is 4.92 Å². The Labute approximate surface area is 92.4 Å². The van der Waals surface area contributed by atoms with Crippen molar-refractivity contribution in [1.29, 1.82) is 0 Å². The maximum atomic E-state index is 10.7. The molecule has 0 radical (unpaired) electrons. The lowest BCUT2D eigenvalue weighted by Gasteiger charge is -2.05. The summed E-state index contributed by atoms with van der Waals surface area (Å²) in [6.07, 6.45) is 5.57. The first-order chi connectivity index (χ1) is 7.16. The monoisotopic (exact) mass is 224 g/mol. The van der Waals surface area contributed by atoms with Crippen molar-refractivity contribution in [2.24, 2.45) is 0 Å². The molecule has 0 heterocycles. The Morgan fingerprint density at radius 1 is 1.60 bits per heavy atom. The summed E-state index contributed by atoms with van der Waals surface area (Å²) in [5.41, 5.74) is 0.277. The lowest BCUT2D eigenvalue weighted by atomic mass is 10.2. The molecule has 0 spiro atoms. The Hall–Kier alpha value is -1.73. The maximum absolute atomic E-state index is 10.7. The normalized spacial score (nSPS) is 9.33. The highest BCUT2D eigenvalue weighted by atomic mass is 35.5. The molecule has 1 aromatic rings. The first-order valence-electron chi connectivity index (χ1n) is 4.27. The predicted octanol–water partition coefficient (Wildman–Crippen LogP) is 2.68. The van der Waals surface area contributed by atoms with Crippen LogP contribution in [0.5, 0.6) is 0 Å². The fraction of sp³-hybridized carbons (Fsp3) is 0.200. The molecule has 0 aliphatic rings. The second-order valence-corrected chi connectivity index (χ2v) is 3.18. The fourth-order valence-electron chi connectivity index (χ4n) is 1.11. The highest BCUT2D eigenvalue weighted by molar-refractivity contribution is 6.33. The van der Waals surface area contributed by atoms with Gasteiger partial charge in [0.15, 0.2) is 0 Å². The van der Waals surface area contributed by atoms with Gasteiger partial charge in [0.25, 0.3) is 0 Å². The maximum Gasteiger partial charge on any atom is 0.310 e. The molecule has 0 saturated heterocycles. The van der Waals surface area contributed by atoms with Crippen LogP contribution in [-0.2, 0) is 0 Å². The molecule has 0 atom stereocenters. The Balaban J connectivity index is 2.92. The van der Waals surface area contributed by atoms with Crippen LogP contribution < -0.4 is 5.32 Å². The largest absolute Gasteiger partial charge is 0.378 e. The molecule has 0 aromatic heterocycles. The van der Waals surface area contributed by atoms with E-state index in [0.717, 1.165) is 0 Å². The molecule has 5 heteroatoms. The summed E-state index contributed by atoms with van der Waals surface area (Å²) < 4.78 is 0. The third-order valence-electron chi connectivity index (χ3n) is 1.75. The summed E-state index contributed by atoms with van der Waals surface area (Å²) in [4.78, 5) is 10.2. The number of nitro benzene ring substituents is 1. The molecule has 4 nitrogen and oxygen atoms in total. The van der Waals surface area contributed by atoms with E-state index in [4.69, 9.17) is 18.0 Å². The summed E-state index contributed by atoms with van der Waals surface area (Å²) >= 11 is 5.72. The average Bonchev–Trinajstić information content (AvgIpc) is 2.17. The van der Waals surface area contributed by atoms with E-state index in [9.17, 15) is 10.1 Å². The van der Waals surface area contributed by atoms with E-state index < -0.39 is 4.92 Å². The highest BCUT2D eigenvalue weighted by Gasteiger charge is 2.17. The number of benzene rings is 1. The summed E-state index contributed by atoms with van der Waals surface area (Å²) in [5, 5.41) is 13.7. The third-order valence-corrected chi connectivity index (χ3v) is 2.06. The van der Waals surface area contributed by atoms with Crippen molar-refractivity contribution >= 4 is 23.0 Å². The molecule has 0 saturated carbocycles. The van der Waals surface area contributed by atoms with Gasteiger partial charge in [-0.25, -0.2) is 0 Å². The number of hydrogen-bond donors (Lipinski definition) is 1. The van der Waals surface area contributed by atoms with Crippen LogP contribution in [0, 0.1) is 22.5 Å². The number of rotatable bonds is 4. The van der Waals surface area contributed by atoms with Crippen molar-refractivity contribution in [3.05, 3.63) is 33.3 Å².